The molecule has 5 rings (SSSR count). The molecule has 2 aliphatic heterocycles. The van der Waals surface area contributed by atoms with Gasteiger partial charge in [0.1, 0.15) is 0 Å². The number of anilines is 2. The van der Waals surface area contributed by atoms with Gasteiger partial charge in [0.2, 0.25) is 5.95 Å². The Morgan fingerprint density at radius 2 is 1.79 bits per heavy atom. The fourth-order valence-corrected chi connectivity index (χ4v) is 4.78. The van der Waals surface area contributed by atoms with Gasteiger partial charge in [0, 0.05) is 63.5 Å². The van der Waals surface area contributed by atoms with Gasteiger partial charge in [0.05, 0.1) is 17.5 Å². The molecule has 1 aromatic heterocycles. The summed E-state index contributed by atoms with van der Waals surface area (Å²) >= 11 is 0. The first kappa shape index (κ1) is 21.5. The molecule has 3 aromatic rings. The number of aromatic nitrogens is 2. The molecule has 0 unspecified atom stereocenters. The highest BCUT2D eigenvalue weighted by atomic mass is 16.5. The fourth-order valence-electron chi connectivity index (χ4n) is 4.78. The molecule has 2 saturated heterocycles. The summed E-state index contributed by atoms with van der Waals surface area (Å²) in [5.41, 5.74) is 2.40. The number of rotatable bonds is 5. The van der Waals surface area contributed by atoms with Crippen LogP contribution < -0.4 is 15.4 Å². The standard InChI is InChI=1S/C25H29N5O3/c1-33-17-18-10-11-30(16-18)20-8-6-19(7-9-20)24(32)28-12-14-29(15-13-28)25-26-22-5-3-2-4-21(22)23(31)27-25/h2-9,18H,10-17H2,1H3,(H,26,27,31)/t18-/m1/s1. The predicted molar refractivity (Wildman–Crippen MR) is 129 cm³/mol. The number of benzene rings is 2. The van der Waals surface area contributed by atoms with Gasteiger partial charge in [-0.05, 0) is 42.8 Å². The van der Waals surface area contributed by atoms with Crippen molar-refractivity contribution >= 4 is 28.4 Å². The number of hydrogen-bond acceptors (Lipinski definition) is 6. The van der Waals surface area contributed by atoms with Gasteiger partial charge in [-0.3, -0.25) is 14.6 Å². The molecule has 2 aromatic carbocycles. The van der Waals surface area contributed by atoms with Crippen LogP contribution in [0.5, 0.6) is 0 Å². The van der Waals surface area contributed by atoms with Crippen LogP contribution in [0, 0.1) is 5.92 Å². The van der Waals surface area contributed by atoms with Gasteiger partial charge < -0.3 is 19.4 Å². The summed E-state index contributed by atoms with van der Waals surface area (Å²) in [5.74, 6) is 1.17. The summed E-state index contributed by atoms with van der Waals surface area (Å²) in [6, 6.07) is 15.3. The van der Waals surface area contributed by atoms with Crippen molar-refractivity contribution in [2.24, 2.45) is 5.92 Å². The number of para-hydroxylation sites is 1. The van der Waals surface area contributed by atoms with Crippen LogP contribution in [-0.2, 0) is 4.74 Å². The number of fused-ring (bicyclic) bond motifs is 1. The Morgan fingerprint density at radius 3 is 2.55 bits per heavy atom. The smallest absolute Gasteiger partial charge is 0.260 e. The molecule has 0 bridgehead atoms. The van der Waals surface area contributed by atoms with E-state index in [0.29, 0.717) is 54.5 Å². The maximum atomic E-state index is 13.0. The number of H-pyrrole nitrogens is 1. The predicted octanol–water partition coefficient (Wildman–Crippen LogP) is 2.36. The molecule has 8 nitrogen and oxygen atoms in total. The van der Waals surface area contributed by atoms with Crippen molar-refractivity contribution in [3.63, 3.8) is 0 Å². The van der Waals surface area contributed by atoms with Crippen molar-refractivity contribution in [3.8, 4) is 0 Å². The van der Waals surface area contributed by atoms with E-state index >= 15 is 0 Å². The minimum Gasteiger partial charge on any atom is -0.384 e. The van der Waals surface area contributed by atoms with Crippen LogP contribution in [0.2, 0.25) is 0 Å². The molecule has 3 heterocycles. The lowest BCUT2D eigenvalue weighted by Gasteiger charge is -2.35. The van der Waals surface area contributed by atoms with Crippen LogP contribution in [-0.4, -0.2) is 73.8 Å². The molecular weight excluding hydrogens is 418 g/mol. The Balaban J connectivity index is 1.21. The minimum absolute atomic E-state index is 0.0415. The lowest BCUT2D eigenvalue weighted by atomic mass is 10.1. The zero-order chi connectivity index (χ0) is 22.8. The monoisotopic (exact) mass is 447 g/mol. The summed E-state index contributed by atoms with van der Waals surface area (Å²) in [5, 5.41) is 0.585. The third kappa shape index (κ3) is 4.43. The van der Waals surface area contributed by atoms with Crippen molar-refractivity contribution in [3.05, 3.63) is 64.4 Å². The average molecular weight is 448 g/mol. The third-order valence-corrected chi connectivity index (χ3v) is 6.63. The Hall–Kier alpha value is -3.39. The van der Waals surface area contributed by atoms with Crippen LogP contribution in [0.1, 0.15) is 16.8 Å². The molecule has 172 valence electrons. The number of carbonyl (C=O) groups is 1. The van der Waals surface area contributed by atoms with Crippen molar-refractivity contribution < 1.29 is 9.53 Å². The number of aromatic amines is 1. The van der Waals surface area contributed by atoms with Gasteiger partial charge in [-0.15, -0.1) is 0 Å². The molecule has 0 saturated carbocycles. The Kier molecular flexibility index (Phi) is 6.00. The molecular formula is C25H29N5O3. The van der Waals surface area contributed by atoms with Gasteiger partial charge in [-0.2, -0.15) is 0 Å². The van der Waals surface area contributed by atoms with Crippen LogP contribution in [0.15, 0.2) is 53.3 Å². The van der Waals surface area contributed by atoms with E-state index < -0.39 is 0 Å². The minimum atomic E-state index is -0.138. The number of nitrogens with one attached hydrogen (secondary N) is 1. The molecule has 1 atom stereocenters. The van der Waals surface area contributed by atoms with Gasteiger partial charge >= 0.3 is 0 Å². The first-order valence-electron chi connectivity index (χ1n) is 11.5. The number of carbonyl (C=O) groups excluding carboxylic acids is 1. The Labute approximate surface area is 192 Å². The number of amides is 1. The Bertz CT molecular complexity index is 1180. The summed E-state index contributed by atoms with van der Waals surface area (Å²) in [6.45, 7) is 5.23. The summed E-state index contributed by atoms with van der Waals surface area (Å²) in [7, 11) is 1.75. The van der Waals surface area contributed by atoms with Crippen LogP contribution >= 0.6 is 0 Å². The van der Waals surface area contributed by atoms with E-state index in [4.69, 9.17) is 4.74 Å². The number of hydrogen-bond donors (Lipinski definition) is 1. The molecule has 1 N–H and O–H groups in total. The molecule has 2 aliphatic rings. The second-order valence-electron chi connectivity index (χ2n) is 8.79. The lowest BCUT2D eigenvalue weighted by molar-refractivity contribution is 0.0746. The normalized spacial score (nSPS) is 18.8. The first-order valence-corrected chi connectivity index (χ1v) is 11.5. The van der Waals surface area contributed by atoms with Crippen LogP contribution in [0.25, 0.3) is 10.9 Å². The Morgan fingerprint density at radius 1 is 1.03 bits per heavy atom. The summed E-state index contributed by atoms with van der Waals surface area (Å²) < 4.78 is 5.29. The van der Waals surface area contributed by atoms with Gasteiger partial charge in [-0.25, -0.2) is 4.98 Å². The third-order valence-electron chi connectivity index (χ3n) is 6.63. The van der Waals surface area contributed by atoms with E-state index in [1.54, 1.807) is 13.2 Å². The number of piperazine rings is 1. The van der Waals surface area contributed by atoms with Gasteiger partial charge in [0.15, 0.2) is 0 Å². The molecule has 0 aliphatic carbocycles. The van der Waals surface area contributed by atoms with E-state index in [-0.39, 0.29) is 11.5 Å². The van der Waals surface area contributed by atoms with E-state index in [2.05, 4.69) is 14.9 Å². The van der Waals surface area contributed by atoms with Crippen molar-refractivity contribution in [1.29, 1.82) is 0 Å². The quantitative estimate of drug-likeness (QED) is 0.647. The molecule has 8 heteroatoms. The van der Waals surface area contributed by atoms with Crippen LogP contribution in [0.4, 0.5) is 11.6 Å². The molecule has 2 fully saturated rings. The molecule has 1 amide bonds. The topological polar surface area (TPSA) is 81.8 Å². The van der Waals surface area contributed by atoms with Gasteiger partial charge in [-0.1, -0.05) is 12.1 Å². The number of methoxy groups -OCH3 is 1. The second-order valence-corrected chi connectivity index (χ2v) is 8.79. The highest BCUT2D eigenvalue weighted by Crippen LogP contribution is 2.25. The van der Waals surface area contributed by atoms with Crippen molar-refractivity contribution in [2.45, 2.75) is 6.42 Å². The zero-order valence-electron chi connectivity index (χ0n) is 18.9. The zero-order valence-corrected chi connectivity index (χ0v) is 18.9. The highest BCUT2D eigenvalue weighted by Gasteiger charge is 2.25. The first-order chi connectivity index (χ1) is 16.1. The summed E-state index contributed by atoms with van der Waals surface area (Å²) in [4.78, 5) is 39.2. The SMILES string of the molecule is COC[C@@H]1CCN(c2ccc(C(=O)N3CCN(c4nc5ccccc5c(=O)[nH]4)CC3)cc2)C1. The molecule has 0 spiro atoms. The maximum absolute atomic E-state index is 13.0. The van der Waals surface area contributed by atoms with Crippen molar-refractivity contribution in [2.75, 3.05) is 62.8 Å². The molecule has 33 heavy (non-hydrogen) atoms. The highest BCUT2D eigenvalue weighted by molar-refractivity contribution is 5.94. The van der Waals surface area contributed by atoms with Crippen molar-refractivity contribution in [1.82, 2.24) is 14.9 Å². The van der Waals surface area contributed by atoms with Gasteiger partial charge in [0.25, 0.3) is 11.5 Å². The van der Waals surface area contributed by atoms with E-state index in [9.17, 15) is 9.59 Å². The van der Waals surface area contributed by atoms with E-state index in [0.717, 1.165) is 31.8 Å². The average Bonchev–Trinajstić information content (AvgIpc) is 3.33. The van der Waals surface area contributed by atoms with E-state index in [1.807, 2.05) is 52.3 Å². The maximum Gasteiger partial charge on any atom is 0.260 e. The summed E-state index contributed by atoms with van der Waals surface area (Å²) in [6.07, 6.45) is 1.14. The fraction of sp³-hybridized carbons (Fsp3) is 0.400. The second kappa shape index (κ2) is 9.23. The largest absolute Gasteiger partial charge is 0.384 e. The lowest BCUT2D eigenvalue weighted by Crippen LogP contribution is -2.49. The molecule has 0 radical (unpaired) electrons. The number of ether oxygens (including phenoxy) is 1. The van der Waals surface area contributed by atoms with E-state index in [1.165, 1.54) is 0 Å². The number of nitrogens with zero attached hydrogens (tertiary/aromatic N) is 4. The van der Waals surface area contributed by atoms with Crippen LogP contribution in [0.3, 0.4) is 0 Å².